The molecular formula is C12H18ClN3. The summed E-state index contributed by atoms with van der Waals surface area (Å²) in [6.45, 7) is 4.54. The fourth-order valence-corrected chi connectivity index (χ4v) is 2.99. The summed E-state index contributed by atoms with van der Waals surface area (Å²) >= 11 is 6.26. The van der Waals surface area contributed by atoms with Crippen molar-refractivity contribution >= 4 is 11.6 Å². The first-order chi connectivity index (χ1) is 7.46. The van der Waals surface area contributed by atoms with Gasteiger partial charge in [0.05, 0.1) is 5.38 Å². The van der Waals surface area contributed by atoms with Crippen molar-refractivity contribution in [2.75, 3.05) is 0 Å². The molecule has 0 saturated carbocycles. The average Bonchev–Trinajstić information content (AvgIpc) is 2.48. The molecule has 0 spiro atoms. The Morgan fingerprint density at radius 2 is 2.31 bits per heavy atom. The minimum atomic E-state index is 0.159. The summed E-state index contributed by atoms with van der Waals surface area (Å²) in [6.07, 6.45) is 6.80. The molecule has 0 fully saturated rings. The fourth-order valence-electron chi connectivity index (χ4n) is 2.39. The highest BCUT2D eigenvalue weighted by Crippen LogP contribution is 2.38. The molecule has 88 valence electrons. The maximum Gasteiger partial charge on any atom is 0.138 e. The van der Waals surface area contributed by atoms with Gasteiger partial charge in [0.15, 0.2) is 0 Å². The lowest BCUT2D eigenvalue weighted by atomic mass is 9.76. The predicted molar refractivity (Wildman–Crippen MR) is 65.4 cm³/mol. The van der Waals surface area contributed by atoms with Gasteiger partial charge in [-0.25, -0.2) is 4.98 Å². The lowest BCUT2D eigenvalue weighted by molar-refractivity contribution is 0.319. The van der Waals surface area contributed by atoms with Crippen molar-refractivity contribution < 1.29 is 0 Å². The van der Waals surface area contributed by atoms with Crippen molar-refractivity contribution in [2.45, 2.75) is 38.5 Å². The first-order valence-electron chi connectivity index (χ1n) is 5.63. The molecule has 1 aromatic heterocycles. The van der Waals surface area contributed by atoms with Gasteiger partial charge in [0.1, 0.15) is 12.2 Å². The summed E-state index contributed by atoms with van der Waals surface area (Å²) in [6, 6.07) is 0. The van der Waals surface area contributed by atoms with Crippen molar-refractivity contribution in [3.8, 4) is 0 Å². The lowest BCUT2D eigenvalue weighted by Gasteiger charge is -2.32. The number of halogens is 1. The van der Waals surface area contributed by atoms with Gasteiger partial charge in [-0.3, -0.25) is 4.68 Å². The Bertz CT molecular complexity index is 406. The number of rotatable bonds is 2. The number of aromatic nitrogens is 3. The Labute approximate surface area is 102 Å². The average molecular weight is 240 g/mol. The summed E-state index contributed by atoms with van der Waals surface area (Å²) in [4.78, 5) is 4.25. The van der Waals surface area contributed by atoms with Gasteiger partial charge in [0.2, 0.25) is 0 Å². The number of nitrogens with zero attached hydrogens (tertiary/aromatic N) is 3. The Kier molecular flexibility index (Phi) is 3.06. The topological polar surface area (TPSA) is 30.7 Å². The van der Waals surface area contributed by atoms with E-state index >= 15 is 0 Å². The molecule has 1 heterocycles. The van der Waals surface area contributed by atoms with E-state index in [1.54, 1.807) is 6.33 Å². The van der Waals surface area contributed by atoms with Gasteiger partial charge in [-0.2, -0.15) is 5.10 Å². The SMILES string of the molecule is Cn1ncnc1CC1=CC(Cl)CC(C)(C)C1. The molecule has 0 bridgehead atoms. The molecule has 0 N–H and O–H groups in total. The van der Waals surface area contributed by atoms with Crippen LogP contribution in [-0.4, -0.2) is 20.1 Å². The standard InChI is InChI=1S/C12H18ClN3/c1-12(2)6-9(4-10(13)7-12)5-11-14-8-15-16(11)3/h4,8,10H,5-7H2,1-3H3. The van der Waals surface area contributed by atoms with Crippen LogP contribution >= 0.6 is 11.6 Å². The van der Waals surface area contributed by atoms with Gasteiger partial charge in [-0.1, -0.05) is 25.5 Å². The van der Waals surface area contributed by atoms with Gasteiger partial charge in [-0.05, 0) is 18.3 Å². The molecule has 3 nitrogen and oxygen atoms in total. The molecule has 0 radical (unpaired) electrons. The van der Waals surface area contributed by atoms with E-state index in [1.807, 2.05) is 11.7 Å². The Balaban J connectivity index is 2.13. The van der Waals surface area contributed by atoms with E-state index in [4.69, 9.17) is 11.6 Å². The third-order valence-electron chi connectivity index (χ3n) is 3.06. The first kappa shape index (κ1) is 11.6. The second kappa shape index (κ2) is 4.21. The van der Waals surface area contributed by atoms with Crippen LogP contribution in [0.25, 0.3) is 0 Å². The Hall–Kier alpha value is -0.830. The fraction of sp³-hybridized carbons (Fsp3) is 0.667. The summed E-state index contributed by atoms with van der Waals surface area (Å²) in [7, 11) is 1.93. The van der Waals surface area contributed by atoms with Crippen LogP contribution in [0.4, 0.5) is 0 Å². The molecule has 1 aromatic rings. The van der Waals surface area contributed by atoms with Gasteiger partial charge in [0, 0.05) is 13.5 Å². The molecule has 0 saturated heterocycles. The Morgan fingerprint density at radius 1 is 1.56 bits per heavy atom. The lowest BCUT2D eigenvalue weighted by Crippen LogP contribution is -2.23. The predicted octanol–water partition coefficient (Wildman–Crippen LogP) is 2.71. The Morgan fingerprint density at radius 3 is 2.88 bits per heavy atom. The van der Waals surface area contributed by atoms with Crippen LogP contribution in [0.5, 0.6) is 0 Å². The van der Waals surface area contributed by atoms with Crippen LogP contribution < -0.4 is 0 Å². The van der Waals surface area contributed by atoms with E-state index in [9.17, 15) is 0 Å². The molecular weight excluding hydrogens is 222 g/mol. The van der Waals surface area contributed by atoms with Crippen molar-refractivity contribution in [2.24, 2.45) is 12.5 Å². The van der Waals surface area contributed by atoms with E-state index in [0.29, 0.717) is 5.41 Å². The summed E-state index contributed by atoms with van der Waals surface area (Å²) in [5.41, 5.74) is 1.68. The molecule has 0 amide bonds. The summed E-state index contributed by atoms with van der Waals surface area (Å²) < 4.78 is 1.83. The number of alkyl halides is 1. The highest BCUT2D eigenvalue weighted by atomic mass is 35.5. The third-order valence-corrected chi connectivity index (χ3v) is 3.34. The largest absolute Gasteiger partial charge is 0.253 e. The minimum Gasteiger partial charge on any atom is -0.253 e. The molecule has 1 atom stereocenters. The number of aryl methyl sites for hydroxylation is 1. The van der Waals surface area contributed by atoms with Crippen LogP contribution in [0.3, 0.4) is 0 Å². The second-order valence-electron chi connectivity index (χ2n) is 5.36. The van der Waals surface area contributed by atoms with Gasteiger partial charge in [-0.15, -0.1) is 11.6 Å². The highest BCUT2D eigenvalue weighted by Gasteiger charge is 2.27. The van der Waals surface area contributed by atoms with Gasteiger partial charge < -0.3 is 0 Å². The molecule has 4 heteroatoms. The zero-order chi connectivity index (χ0) is 11.8. The van der Waals surface area contributed by atoms with Crippen LogP contribution in [-0.2, 0) is 13.5 Å². The van der Waals surface area contributed by atoms with Crippen molar-refractivity contribution in [1.82, 2.24) is 14.8 Å². The first-order valence-corrected chi connectivity index (χ1v) is 6.06. The second-order valence-corrected chi connectivity index (χ2v) is 5.92. The van der Waals surface area contributed by atoms with Crippen LogP contribution in [0.15, 0.2) is 18.0 Å². The normalized spacial score (nSPS) is 24.2. The van der Waals surface area contributed by atoms with Crippen molar-refractivity contribution in [1.29, 1.82) is 0 Å². The molecule has 2 rings (SSSR count). The molecule has 1 aliphatic rings. The van der Waals surface area contributed by atoms with Gasteiger partial charge >= 0.3 is 0 Å². The monoisotopic (exact) mass is 239 g/mol. The number of hydrogen-bond acceptors (Lipinski definition) is 2. The molecule has 0 aliphatic heterocycles. The van der Waals surface area contributed by atoms with Crippen LogP contribution in [0.2, 0.25) is 0 Å². The van der Waals surface area contributed by atoms with Crippen molar-refractivity contribution in [3.63, 3.8) is 0 Å². The number of hydrogen-bond donors (Lipinski definition) is 0. The minimum absolute atomic E-state index is 0.159. The van der Waals surface area contributed by atoms with Gasteiger partial charge in [0.25, 0.3) is 0 Å². The maximum atomic E-state index is 6.26. The zero-order valence-electron chi connectivity index (χ0n) is 10.1. The molecule has 1 aliphatic carbocycles. The van der Waals surface area contributed by atoms with E-state index in [-0.39, 0.29) is 5.38 Å². The molecule has 0 aromatic carbocycles. The summed E-state index contributed by atoms with van der Waals surface area (Å²) in [5.74, 6) is 1.01. The number of allylic oxidation sites excluding steroid dienone is 2. The van der Waals surface area contributed by atoms with E-state index in [2.05, 4.69) is 30.0 Å². The van der Waals surface area contributed by atoms with Crippen molar-refractivity contribution in [3.05, 3.63) is 23.8 Å². The molecule has 16 heavy (non-hydrogen) atoms. The van der Waals surface area contributed by atoms with E-state index in [0.717, 1.165) is 25.1 Å². The quantitative estimate of drug-likeness (QED) is 0.587. The van der Waals surface area contributed by atoms with Crippen LogP contribution in [0, 0.1) is 5.41 Å². The molecule has 1 unspecified atom stereocenters. The third kappa shape index (κ3) is 2.64. The smallest absolute Gasteiger partial charge is 0.138 e. The highest BCUT2D eigenvalue weighted by molar-refractivity contribution is 6.21. The van der Waals surface area contributed by atoms with E-state index < -0.39 is 0 Å². The maximum absolute atomic E-state index is 6.26. The van der Waals surface area contributed by atoms with Crippen LogP contribution in [0.1, 0.15) is 32.5 Å². The zero-order valence-corrected chi connectivity index (χ0v) is 10.8. The summed E-state index contributed by atoms with van der Waals surface area (Å²) in [5, 5.41) is 4.24. The van der Waals surface area contributed by atoms with E-state index in [1.165, 1.54) is 5.57 Å².